The summed E-state index contributed by atoms with van der Waals surface area (Å²) in [5.74, 6) is 1.51. The molecule has 1 fully saturated rings. The predicted octanol–water partition coefficient (Wildman–Crippen LogP) is 3.50. The minimum absolute atomic E-state index is 0.260. The molecule has 1 saturated heterocycles. The zero-order valence-electron chi connectivity index (χ0n) is 11.0. The summed E-state index contributed by atoms with van der Waals surface area (Å²) in [5.41, 5.74) is 1.09. The zero-order chi connectivity index (χ0) is 13.1. The maximum absolute atomic E-state index is 12.3. The van der Waals surface area contributed by atoms with Crippen LogP contribution in [0.1, 0.15) is 25.8 Å². The van der Waals surface area contributed by atoms with Crippen molar-refractivity contribution >= 4 is 21.8 Å². The molecule has 2 atom stereocenters. The van der Waals surface area contributed by atoms with Gasteiger partial charge in [-0.05, 0) is 36.0 Å². The average Bonchev–Trinajstić information content (AvgIpc) is 2.31. The van der Waals surface area contributed by atoms with Crippen molar-refractivity contribution in [2.45, 2.75) is 26.7 Å². The molecule has 3 heteroatoms. The Morgan fingerprint density at radius 2 is 1.78 bits per heavy atom. The van der Waals surface area contributed by atoms with Gasteiger partial charge in [0.1, 0.15) is 0 Å². The van der Waals surface area contributed by atoms with Crippen LogP contribution in [-0.4, -0.2) is 23.9 Å². The summed E-state index contributed by atoms with van der Waals surface area (Å²) in [6, 6.07) is 8.01. The number of carbonyl (C=O) groups excluding carboxylic acids is 1. The first kappa shape index (κ1) is 13.6. The smallest absolute Gasteiger partial charge is 0.227 e. The third-order valence-corrected chi connectivity index (χ3v) is 4.02. The summed E-state index contributed by atoms with van der Waals surface area (Å²) < 4.78 is 1.05. The van der Waals surface area contributed by atoms with Crippen LogP contribution in [-0.2, 0) is 11.2 Å². The fourth-order valence-corrected chi connectivity index (χ4v) is 3.02. The van der Waals surface area contributed by atoms with Crippen molar-refractivity contribution in [1.82, 2.24) is 4.90 Å². The Morgan fingerprint density at radius 1 is 1.22 bits per heavy atom. The van der Waals surface area contributed by atoms with Gasteiger partial charge in [-0.2, -0.15) is 0 Å². The number of halogens is 1. The molecule has 2 rings (SSSR count). The van der Waals surface area contributed by atoms with Crippen LogP contribution in [0, 0.1) is 11.8 Å². The van der Waals surface area contributed by atoms with E-state index in [9.17, 15) is 4.79 Å². The first-order valence-corrected chi connectivity index (χ1v) is 7.36. The zero-order valence-corrected chi connectivity index (χ0v) is 12.6. The number of nitrogens with zero attached hydrogens (tertiary/aromatic N) is 1. The minimum Gasteiger partial charge on any atom is -0.342 e. The Kier molecular flexibility index (Phi) is 4.44. The molecular weight excluding hydrogens is 290 g/mol. The van der Waals surface area contributed by atoms with Gasteiger partial charge in [-0.25, -0.2) is 0 Å². The summed E-state index contributed by atoms with van der Waals surface area (Å²) >= 11 is 3.41. The number of hydrogen-bond acceptors (Lipinski definition) is 1. The predicted molar refractivity (Wildman–Crippen MR) is 77.4 cm³/mol. The number of hydrogen-bond donors (Lipinski definition) is 0. The molecule has 0 aliphatic carbocycles. The number of rotatable bonds is 2. The lowest BCUT2D eigenvalue weighted by Gasteiger charge is -2.35. The molecule has 1 aromatic carbocycles. The van der Waals surface area contributed by atoms with Gasteiger partial charge < -0.3 is 4.90 Å². The molecule has 1 aromatic rings. The lowest BCUT2D eigenvalue weighted by Crippen LogP contribution is -2.43. The number of piperidine rings is 1. The lowest BCUT2D eigenvalue weighted by atomic mass is 9.91. The van der Waals surface area contributed by atoms with E-state index in [0.29, 0.717) is 18.3 Å². The van der Waals surface area contributed by atoms with Crippen LogP contribution >= 0.6 is 15.9 Å². The van der Waals surface area contributed by atoms with E-state index < -0.39 is 0 Å². The van der Waals surface area contributed by atoms with Crippen molar-refractivity contribution in [3.8, 4) is 0 Å². The molecule has 0 bridgehead atoms. The van der Waals surface area contributed by atoms with Crippen molar-refractivity contribution in [3.05, 3.63) is 34.3 Å². The van der Waals surface area contributed by atoms with Crippen molar-refractivity contribution in [3.63, 3.8) is 0 Å². The van der Waals surface area contributed by atoms with Gasteiger partial charge in [0, 0.05) is 17.6 Å². The average molecular weight is 310 g/mol. The van der Waals surface area contributed by atoms with E-state index in [2.05, 4.69) is 29.8 Å². The summed E-state index contributed by atoms with van der Waals surface area (Å²) in [5, 5.41) is 0. The molecule has 2 nitrogen and oxygen atoms in total. The van der Waals surface area contributed by atoms with Gasteiger partial charge in [-0.3, -0.25) is 4.79 Å². The third-order valence-electron chi connectivity index (χ3n) is 3.49. The van der Waals surface area contributed by atoms with Crippen molar-refractivity contribution < 1.29 is 4.79 Å². The highest BCUT2D eigenvalue weighted by Gasteiger charge is 2.25. The van der Waals surface area contributed by atoms with E-state index >= 15 is 0 Å². The van der Waals surface area contributed by atoms with Crippen molar-refractivity contribution in [2.75, 3.05) is 13.1 Å². The van der Waals surface area contributed by atoms with Crippen LogP contribution < -0.4 is 0 Å². The molecule has 0 aromatic heterocycles. The summed E-state index contributed by atoms with van der Waals surface area (Å²) in [7, 11) is 0. The largest absolute Gasteiger partial charge is 0.342 e. The van der Waals surface area contributed by atoms with Gasteiger partial charge in [0.15, 0.2) is 0 Å². The number of benzene rings is 1. The van der Waals surface area contributed by atoms with Crippen molar-refractivity contribution in [1.29, 1.82) is 0 Å². The number of amides is 1. The van der Waals surface area contributed by atoms with Crippen LogP contribution in [0.15, 0.2) is 28.7 Å². The molecule has 0 spiro atoms. The molecule has 18 heavy (non-hydrogen) atoms. The maximum atomic E-state index is 12.3. The van der Waals surface area contributed by atoms with Crippen LogP contribution in [0.3, 0.4) is 0 Å². The van der Waals surface area contributed by atoms with Gasteiger partial charge >= 0.3 is 0 Å². The maximum Gasteiger partial charge on any atom is 0.227 e. The Hall–Kier alpha value is -0.830. The second-order valence-corrected chi connectivity index (χ2v) is 6.46. The molecule has 1 heterocycles. The lowest BCUT2D eigenvalue weighted by molar-refractivity contribution is -0.133. The molecule has 1 amide bonds. The normalized spacial score (nSPS) is 24.1. The Morgan fingerprint density at radius 3 is 2.33 bits per heavy atom. The molecule has 1 aliphatic heterocycles. The first-order valence-electron chi connectivity index (χ1n) is 6.57. The van der Waals surface area contributed by atoms with E-state index in [1.54, 1.807) is 0 Å². The summed E-state index contributed by atoms with van der Waals surface area (Å²) in [6.07, 6.45) is 1.76. The van der Waals surface area contributed by atoms with Crippen LogP contribution in [0.5, 0.6) is 0 Å². The van der Waals surface area contributed by atoms with Gasteiger partial charge in [0.05, 0.1) is 6.42 Å². The summed E-state index contributed by atoms with van der Waals surface area (Å²) in [4.78, 5) is 14.3. The Bertz CT molecular complexity index is 405. The van der Waals surface area contributed by atoms with Crippen LogP contribution in [0.2, 0.25) is 0 Å². The molecule has 98 valence electrons. The highest BCUT2D eigenvalue weighted by Crippen LogP contribution is 2.21. The van der Waals surface area contributed by atoms with Crippen LogP contribution in [0.4, 0.5) is 0 Å². The monoisotopic (exact) mass is 309 g/mol. The highest BCUT2D eigenvalue weighted by molar-refractivity contribution is 9.10. The molecule has 0 saturated carbocycles. The Balaban J connectivity index is 1.97. The second kappa shape index (κ2) is 5.87. The second-order valence-electron chi connectivity index (χ2n) is 5.55. The van der Waals surface area contributed by atoms with Crippen molar-refractivity contribution in [2.24, 2.45) is 11.8 Å². The van der Waals surface area contributed by atoms with Crippen LogP contribution in [0.25, 0.3) is 0 Å². The number of likely N-dealkylation sites (tertiary alicyclic amines) is 1. The Labute approximate surface area is 117 Å². The van der Waals surface area contributed by atoms with E-state index in [4.69, 9.17) is 0 Å². The van der Waals surface area contributed by atoms with E-state index in [1.807, 2.05) is 29.2 Å². The third kappa shape index (κ3) is 3.58. The molecule has 0 unspecified atom stereocenters. The molecular formula is C15H20BrNO. The quantitative estimate of drug-likeness (QED) is 0.819. The fourth-order valence-electron chi connectivity index (χ4n) is 2.76. The van der Waals surface area contributed by atoms with E-state index in [1.165, 1.54) is 6.42 Å². The van der Waals surface area contributed by atoms with Gasteiger partial charge in [-0.15, -0.1) is 0 Å². The number of carbonyl (C=O) groups is 1. The summed E-state index contributed by atoms with van der Waals surface area (Å²) in [6.45, 7) is 6.30. The topological polar surface area (TPSA) is 20.3 Å². The molecule has 1 aliphatic rings. The first-order chi connectivity index (χ1) is 8.54. The van der Waals surface area contributed by atoms with E-state index in [0.717, 1.165) is 23.1 Å². The van der Waals surface area contributed by atoms with E-state index in [-0.39, 0.29) is 5.91 Å². The van der Waals surface area contributed by atoms with Gasteiger partial charge in [0.25, 0.3) is 0 Å². The van der Waals surface area contributed by atoms with Gasteiger partial charge in [-0.1, -0.05) is 41.9 Å². The van der Waals surface area contributed by atoms with Gasteiger partial charge in [0.2, 0.25) is 5.91 Å². The molecule has 0 N–H and O–H groups in total. The standard InChI is InChI=1S/C15H20BrNO/c1-11-7-12(2)10-17(9-11)15(18)8-13-3-5-14(16)6-4-13/h3-6,11-12H,7-10H2,1-2H3/t11-,12-/m1/s1. The highest BCUT2D eigenvalue weighted by atomic mass is 79.9. The SMILES string of the molecule is C[C@@H]1C[C@@H](C)CN(C(=O)Cc2ccc(Br)cc2)C1. The fraction of sp³-hybridized carbons (Fsp3) is 0.533. The molecule has 0 radical (unpaired) electrons. The minimum atomic E-state index is 0.260.